The Hall–Kier alpha value is -0.780. The molecule has 0 bridgehead atoms. The normalized spacial score (nSPS) is 18.9. The number of rotatable bonds is 1. The van der Waals surface area contributed by atoms with Crippen molar-refractivity contribution < 1.29 is 0 Å². The van der Waals surface area contributed by atoms with Gasteiger partial charge in [0.15, 0.2) is 0 Å². The maximum absolute atomic E-state index is 3.01. The van der Waals surface area contributed by atoms with Crippen molar-refractivity contribution in [2.24, 2.45) is 0 Å². The summed E-state index contributed by atoms with van der Waals surface area (Å²) < 4.78 is 0. The molecular weight excluding hydrogens is 132 g/mol. The molecule has 0 heteroatoms. The highest BCUT2D eigenvalue weighted by Crippen LogP contribution is 2.33. The van der Waals surface area contributed by atoms with Crippen LogP contribution in [0.2, 0.25) is 0 Å². The predicted molar refractivity (Wildman–Crippen MR) is 45.3 cm³/mol. The summed E-state index contributed by atoms with van der Waals surface area (Å²) in [7, 11) is 0. The SMILES string of the molecule is [c]1[c]cc(C2CCCC2)cc1. The van der Waals surface area contributed by atoms with Crippen LogP contribution in [0.5, 0.6) is 0 Å². The van der Waals surface area contributed by atoms with Crippen molar-refractivity contribution in [3.8, 4) is 0 Å². The summed E-state index contributed by atoms with van der Waals surface area (Å²) in [5, 5.41) is 0. The zero-order chi connectivity index (χ0) is 7.52. The van der Waals surface area contributed by atoms with E-state index in [2.05, 4.69) is 24.3 Å². The lowest BCUT2D eigenvalue weighted by molar-refractivity contribution is 0.723. The number of hydrogen-bond donors (Lipinski definition) is 0. The van der Waals surface area contributed by atoms with Crippen LogP contribution in [0.3, 0.4) is 0 Å². The predicted octanol–water partition coefficient (Wildman–Crippen LogP) is 2.94. The van der Waals surface area contributed by atoms with Gasteiger partial charge in [0.2, 0.25) is 0 Å². The molecular formula is C11H12. The van der Waals surface area contributed by atoms with Gasteiger partial charge >= 0.3 is 0 Å². The van der Waals surface area contributed by atoms with Gasteiger partial charge in [-0.2, -0.15) is 0 Å². The second-order valence-electron chi connectivity index (χ2n) is 3.25. The lowest BCUT2D eigenvalue weighted by Crippen LogP contribution is -1.90. The number of benzene rings is 1. The van der Waals surface area contributed by atoms with E-state index in [-0.39, 0.29) is 0 Å². The summed E-state index contributed by atoms with van der Waals surface area (Å²) in [5.74, 6) is 0.820. The molecule has 1 aliphatic rings. The van der Waals surface area contributed by atoms with Crippen LogP contribution in [-0.2, 0) is 0 Å². The van der Waals surface area contributed by atoms with Gasteiger partial charge in [0, 0.05) is 0 Å². The van der Waals surface area contributed by atoms with E-state index in [0.717, 1.165) is 5.92 Å². The molecule has 1 aromatic carbocycles. The molecule has 0 aromatic heterocycles. The lowest BCUT2D eigenvalue weighted by atomic mass is 9.98. The third-order valence-corrected chi connectivity index (χ3v) is 2.51. The van der Waals surface area contributed by atoms with Crippen molar-refractivity contribution in [3.05, 3.63) is 35.9 Å². The highest BCUT2D eigenvalue weighted by Gasteiger charge is 2.15. The van der Waals surface area contributed by atoms with E-state index in [1.54, 1.807) is 0 Å². The average molecular weight is 144 g/mol. The Morgan fingerprint density at radius 3 is 2.64 bits per heavy atom. The Morgan fingerprint density at radius 1 is 1.18 bits per heavy atom. The Balaban J connectivity index is 2.16. The van der Waals surface area contributed by atoms with Gasteiger partial charge in [0.05, 0.1) is 0 Å². The van der Waals surface area contributed by atoms with Gasteiger partial charge in [0.25, 0.3) is 0 Å². The molecule has 2 rings (SSSR count). The smallest absolute Gasteiger partial charge is 0.00960 e. The number of hydrogen-bond acceptors (Lipinski definition) is 0. The van der Waals surface area contributed by atoms with E-state index in [4.69, 9.17) is 0 Å². The fourth-order valence-electron chi connectivity index (χ4n) is 1.87. The summed E-state index contributed by atoms with van der Waals surface area (Å²) in [4.78, 5) is 0. The van der Waals surface area contributed by atoms with Crippen molar-refractivity contribution >= 4 is 0 Å². The summed E-state index contributed by atoms with van der Waals surface area (Å²) in [5.41, 5.74) is 1.46. The van der Waals surface area contributed by atoms with Gasteiger partial charge in [-0.15, -0.1) is 0 Å². The molecule has 1 aromatic rings. The monoisotopic (exact) mass is 144 g/mol. The van der Waals surface area contributed by atoms with Gasteiger partial charge in [-0.1, -0.05) is 31.0 Å². The highest BCUT2D eigenvalue weighted by atomic mass is 14.2. The van der Waals surface area contributed by atoms with Crippen LogP contribution in [0.1, 0.15) is 37.2 Å². The van der Waals surface area contributed by atoms with Crippen LogP contribution in [0, 0.1) is 12.1 Å². The molecule has 0 N–H and O–H groups in total. The van der Waals surface area contributed by atoms with Gasteiger partial charge in [-0.25, -0.2) is 0 Å². The minimum atomic E-state index is 0.820. The van der Waals surface area contributed by atoms with E-state index < -0.39 is 0 Å². The lowest BCUT2D eigenvalue weighted by Gasteiger charge is -2.07. The van der Waals surface area contributed by atoms with Crippen molar-refractivity contribution in [1.82, 2.24) is 0 Å². The van der Waals surface area contributed by atoms with Gasteiger partial charge in [0.1, 0.15) is 0 Å². The Bertz CT molecular complexity index is 207. The van der Waals surface area contributed by atoms with Crippen molar-refractivity contribution in [2.45, 2.75) is 31.6 Å². The first-order valence-corrected chi connectivity index (χ1v) is 4.34. The molecule has 0 spiro atoms. The standard InChI is InChI=1S/C11H12/c1-2-6-10(7-3-1)11-8-4-5-9-11/h2,6-7,11H,4-5,8-9H2. The van der Waals surface area contributed by atoms with Crippen molar-refractivity contribution in [3.63, 3.8) is 0 Å². The van der Waals surface area contributed by atoms with E-state index >= 15 is 0 Å². The Morgan fingerprint density at radius 2 is 2.00 bits per heavy atom. The molecule has 0 atom stereocenters. The van der Waals surface area contributed by atoms with Gasteiger partial charge in [-0.05, 0) is 36.5 Å². The first kappa shape index (κ1) is 6.90. The van der Waals surface area contributed by atoms with Crippen LogP contribution < -0.4 is 0 Å². The molecule has 0 nitrogen and oxygen atoms in total. The maximum Gasteiger partial charge on any atom is -0.00960 e. The Kier molecular flexibility index (Phi) is 1.93. The summed E-state index contributed by atoms with van der Waals surface area (Å²) in [6.07, 6.45) is 5.56. The zero-order valence-corrected chi connectivity index (χ0v) is 6.64. The first-order valence-electron chi connectivity index (χ1n) is 4.34. The second kappa shape index (κ2) is 3.08. The third kappa shape index (κ3) is 1.45. The topological polar surface area (TPSA) is 0 Å². The Labute approximate surface area is 68.3 Å². The molecule has 0 unspecified atom stereocenters. The molecule has 2 radical (unpaired) electrons. The van der Waals surface area contributed by atoms with Crippen molar-refractivity contribution in [1.29, 1.82) is 0 Å². The molecule has 0 heterocycles. The highest BCUT2D eigenvalue weighted by molar-refractivity contribution is 5.18. The summed E-state index contributed by atoms with van der Waals surface area (Å²) in [6.45, 7) is 0. The molecule has 1 fully saturated rings. The quantitative estimate of drug-likeness (QED) is 0.568. The first-order chi connectivity index (χ1) is 5.47. The molecule has 1 saturated carbocycles. The van der Waals surface area contributed by atoms with Crippen LogP contribution >= 0.6 is 0 Å². The van der Waals surface area contributed by atoms with Gasteiger partial charge < -0.3 is 0 Å². The van der Waals surface area contributed by atoms with E-state index in [9.17, 15) is 0 Å². The minimum absolute atomic E-state index is 0.820. The van der Waals surface area contributed by atoms with Crippen LogP contribution in [-0.4, -0.2) is 0 Å². The van der Waals surface area contributed by atoms with Crippen LogP contribution in [0.25, 0.3) is 0 Å². The molecule has 11 heavy (non-hydrogen) atoms. The average Bonchev–Trinajstić information content (AvgIpc) is 2.58. The van der Waals surface area contributed by atoms with Crippen molar-refractivity contribution in [2.75, 3.05) is 0 Å². The van der Waals surface area contributed by atoms with E-state index in [1.807, 2.05) is 6.07 Å². The van der Waals surface area contributed by atoms with E-state index in [0.29, 0.717) is 0 Å². The fourth-order valence-corrected chi connectivity index (χ4v) is 1.87. The van der Waals surface area contributed by atoms with Crippen LogP contribution in [0.4, 0.5) is 0 Å². The second-order valence-corrected chi connectivity index (χ2v) is 3.25. The molecule has 0 saturated heterocycles. The zero-order valence-electron chi connectivity index (χ0n) is 6.64. The van der Waals surface area contributed by atoms with Crippen LogP contribution in [0.15, 0.2) is 18.2 Å². The maximum atomic E-state index is 3.01. The molecule has 1 aliphatic carbocycles. The minimum Gasteiger partial charge on any atom is -0.0581 e. The molecule has 56 valence electrons. The largest absolute Gasteiger partial charge is 0.0581 e. The third-order valence-electron chi connectivity index (χ3n) is 2.51. The fraction of sp³-hybridized carbons (Fsp3) is 0.455. The summed E-state index contributed by atoms with van der Waals surface area (Å²) >= 11 is 0. The summed E-state index contributed by atoms with van der Waals surface area (Å²) in [6, 6.07) is 12.2. The van der Waals surface area contributed by atoms with E-state index in [1.165, 1.54) is 31.2 Å². The molecule has 0 amide bonds. The molecule has 0 aliphatic heterocycles. The van der Waals surface area contributed by atoms with Gasteiger partial charge in [-0.3, -0.25) is 0 Å².